The zero-order valence-corrected chi connectivity index (χ0v) is 10.9. The number of alkyl carbamates (subject to hydrolysis) is 1. The molecule has 0 aliphatic heterocycles. The second-order valence-electron chi connectivity index (χ2n) is 4.18. The molecule has 0 heterocycles. The van der Waals surface area contributed by atoms with Crippen molar-refractivity contribution in [3.05, 3.63) is 0 Å². The average molecular weight is 231 g/mol. The van der Waals surface area contributed by atoms with Crippen LogP contribution in [0.15, 0.2) is 0 Å². The Morgan fingerprint density at radius 2 is 1.62 bits per heavy atom. The molecule has 0 aromatic rings. The molecule has 0 saturated carbocycles. The van der Waals surface area contributed by atoms with Gasteiger partial charge in [0.15, 0.2) is 0 Å². The molecule has 0 fully saturated rings. The monoisotopic (exact) mass is 231 g/mol. The lowest BCUT2D eigenvalue weighted by atomic mass is 10.1. The predicted octanol–water partition coefficient (Wildman–Crippen LogP) is 4.12. The topological polar surface area (TPSA) is 38.3 Å². The summed E-state index contributed by atoms with van der Waals surface area (Å²) < 4.78 is 5.05. The summed E-state index contributed by atoms with van der Waals surface area (Å²) in [6.07, 6.45) is 9.17. The lowest BCUT2D eigenvalue weighted by Gasteiger charge is -2.06. The molecule has 0 rings (SSSR count). The lowest BCUT2D eigenvalue weighted by Crippen LogP contribution is -2.25. The summed E-state index contributed by atoms with van der Waals surface area (Å²) in [5, 5.41) is 2.73. The number of ether oxygens (including phenoxy) is 1. The van der Waals surface area contributed by atoms with Crippen molar-refractivity contribution in [3.63, 3.8) is 0 Å². The van der Waals surface area contributed by atoms with E-state index in [1.165, 1.54) is 32.1 Å². The quantitative estimate of drug-likeness (QED) is 0.574. The maximum absolute atomic E-state index is 11.1. The van der Waals surface area contributed by atoms with Crippen LogP contribution < -0.4 is 5.32 Å². The molecular formula is C13H29NO2. The molecule has 0 bridgehead atoms. The zero-order chi connectivity index (χ0) is 12.1. The molecule has 0 unspecified atom stereocenters. The van der Waals surface area contributed by atoms with Crippen molar-refractivity contribution >= 4 is 6.09 Å². The lowest BCUT2D eigenvalue weighted by molar-refractivity contribution is 0.143. The number of rotatable bonds is 10. The smallest absolute Gasteiger partial charge is 0.407 e. The van der Waals surface area contributed by atoms with Gasteiger partial charge in [0.2, 0.25) is 0 Å². The third-order valence-electron chi connectivity index (χ3n) is 2.53. The Morgan fingerprint density at radius 1 is 1.00 bits per heavy atom. The highest BCUT2D eigenvalue weighted by Crippen LogP contribution is 2.04. The molecule has 0 aliphatic carbocycles. The van der Waals surface area contributed by atoms with Gasteiger partial charge in [-0.05, 0) is 12.8 Å². The molecule has 1 N–H and O–H groups in total. The Kier molecular flexibility index (Phi) is 11.8. The van der Waals surface area contributed by atoms with Gasteiger partial charge >= 0.3 is 6.09 Å². The van der Waals surface area contributed by atoms with Crippen molar-refractivity contribution < 1.29 is 11.0 Å². The van der Waals surface area contributed by atoms with Crippen molar-refractivity contribution in [2.24, 2.45) is 0 Å². The van der Waals surface area contributed by atoms with E-state index in [9.17, 15) is 4.79 Å². The van der Waals surface area contributed by atoms with Crippen molar-refractivity contribution in [1.82, 2.24) is 5.32 Å². The number of unbranched alkanes of at least 4 members (excludes halogenated alkanes) is 6. The van der Waals surface area contributed by atoms with E-state index in [2.05, 4.69) is 19.2 Å². The van der Waals surface area contributed by atoms with Crippen LogP contribution in [-0.4, -0.2) is 19.2 Å². The maximum atomic E-state index is 11.1. The van der Waals surface area contributed by atoms with Gasteiger partial charge in [-0.25, -0.2) is 4.79 Å². The second-order valence-corrected chi connectivity index (χ2v) is 4.18. The number of carbonyl (C=O) groups excluding carboxylic acids is 1. The van der Waals surface area contributed by atoms with Crippen LogP contribution in [0.3, 0.4) is 0 Å². The molecule has 0 aromatic carbocycles. The number of carbonyl (C=O) groups is 1. The summed E-state index contributed by atoms with van der Waals surface area (Å²) in [7, 11) is 0. The van der Waals surface area contributed by atoms with Gasteiger partial charge in [0, 0.05) is 7.97 Å². The number of hydrogen-bond acceptors (Lipinski definition) is 2. The van der Waals surface area contributed by atoms with Gasteiger partial charge in [-0.2, -0.15) is 0 Å². The highest BCUT2D eigenvalue weighted by Gasteiger charge is 1.99. The fraction of sp³-hybridized carbons (Fsp3) is 0.923. The molecule has 0 atom stereocenters. The van der Waals surface area contributed by atoms with E-state index in [4.69, 9.17) is 4.74 Å². The zero-order valence-electron chi connectivity index (χ0n) is 10.9. The fourth-order valence-electron chi connectivity index (χ4n) is 1.47. The largest absolute Gasteiger partial charge is 0.450 e. The van der Waals surface area contributed by atoms with Gasteiger partial charge in [-0.15, -0.1) is 0 Å². The summed E-state index contributed by atoms with van der Waals surface area (Å²) in [6, 6.07) is 0. The van der Waals surface area contributed by atoms with Crippen LogP contribution in [0.1, 0.15) is 66.6 Å². The van der Waals surface area contributed by atoms with Gasteiger partial charge in [0.1, 0.15) is 0 Å². The van der Waals surface area contributed by atoms with E-state index in [1.807, 2.05) is 0 Å². The minimum atomic E-state index is -0.262. The molecule has 0 aliphatic rings. The highest BCUT2D eigenvalue weighted by atomic mass is 16.5. The summed E-state index contributed by atoms with van der Waals surface area (Å²) in [5.41, 5.74) is 0. The van der Waals surface area contributed by atoms with Gasteiger partial charge in [0.05, 0.1) is 6.61 Å². The first-order valence-corrected chi connectivity index (χ1v) is 6.71. The number of nitrogens with one attached hydrogen (secondary N) is 1. The van der Waals surface area contributed by atoms with Gasteiger partial charge in [-0.3, -0.25) is 0 Å². The number of hydrogen-bond donors (Lipinski definition) is 1. The van der Waals surface area contributed by atoms with E-state index >= 15 is 0 Å². The van der Waals surface area contributed by atoms with Gasteiger partial charge in [0.25, 0.3) is 0 Å². The van der Waals surface area contributed by atoms with Crippen LogP contribution in [0, 0.1) is 0 Å². The summed E-state index contributed by atoms with van der Waals surface area (Å²) in [4.78, 5) is 11.1. The Bertz CT molecular complexity index is 165. The standard InChI is InChI=1S/C13H27NO2.H2/c1-3-5-7-8-9-10-12-16-13(15)14-11-6-4-2;/h3-12H2,1-2H3,(H,14,15);1H. The van der Waals surface area contributed by atoms with Gasteiger partial charge in [-0.1, -0.05) is 52.4 Å². The highest BCUT2D eigenvalue weighted by molar-refractivity contribution is 5.66. The summed E-state index contributed by atoms with van der Waals surface area (Å²) in [5.74, 6) is 0. The molecular weight excluding hydrogens is 202 g/mol. The minimum absolute atomic E-state index is 0. The van der Waals surface area contributed by atoms with Crippen LogP contribution in [0.5, 0.6) is 0 Å². The fourth-order valence-corrected chi connectivity index (χ4v) is 1.47. The first-order chi connectivity index (χ1) is 7.81. The molecule has 16 heavy (non-hydrogen) atoms. The maximum Gasteiger partial charge on any atom is 0.407 e. The first-order valence-electron chi connectivity index (χ1n) is 6.71. The van der Waals surface area contributed by atoms with Crippen molar-refractivity contribution in [3.8, 4) is 0 Å². The molecule has 98 valence electrons. The van der Waals surface area contributed by atoms with Crippen molar-refractivity contribution in [2.45, 2.75) is 65.2 Å². The Balaban J connectivity index is 0. The molecule has 0 saturated heterocycles. The second kappa shape index (κ2) is 12.3. The minimum Gasteiger partial charge on any atom is -0.450 e. The van der Waals surface area contributed by atoms with Crippen LogP contribution in [0.2, 0.25) is 0 Å². The predicted molar refractivity (Wildman–Crippen MR) is 69.7 cm³/mol. The number of amides is 1. The molecule has 1 amide bonds. The van der Waals surface area contributed by atoms with E-state index in [1.54, 1.807) is 0 Å². The Labute approximate surface area is 101 Å². The molecule has 3 heteroatoms. The van der Waals surface area contributed by atoms with Crippen LogP contribution in [-0.2, 0) is 4.74 Å². The van der Waals surface area contributed by atoms with Crippen LogP contribution in [0.4, 0.5) is 4.79 Å². The Morgan fingerprint density at radius 3 is 2.31 bits per heavy atom. The van der Waals surface area contributed by atoms with Gasteiger partial charge < -0.3 is 10.1 Å². The SMILES string of the molecule is CCCCCCCCOC(=O)NCCCC.[HH]. The molecule has 0 aromatic heterocycles. The van der Waals surface area contributed by atoms with Crippen LogP contribution >= 0.6 is 0 Å². The van der Waals surface area contributed by atoms with E-state index in [-0.39, 0.29) is 7.52 Å². The average Bonchev–Trinajstić information content (AvgIpc) is 2.28. The van der Waals surface area contributed by atoms with Crippen molar-refractivity contribution in [2.75, 3.05) is 13.2 Å². The third-order valence-corrected chi connectivity index (χ3v) is 2.53. The van der Waals surface area contributed by atoms with Crippen LogP contribution in [0.25, 0.3) is 0 Å². The molecule has 0 radical (unpaired) electrons. The molecule has 3 nitrogen and oxygen atoms in total. The Hall–Kier alpha value is -0.730. The van der Waals surface area contributed by atoms with E-state index in [0.717, 1.165) is 25.8 Å². The normalized spacial score (nSPS) is 10.1. The third kappa shape index (κ3) is 11.3. The molecule has 0 spiro atoms. The summed E-state index contributed by atoms with van der Waals surface area (Å²) in [6.45, 7) is 5.60. The van der Waals surface area contributed by atoms with E-state index < -0.39 is 0 Å². The summed E-state index contributed by atoms with van der Waals surface area (Å²) >= 11 is 0. The first kappa shape index (κ1) is 15.3. The van der Waals surface area contributed by atoms with Crippen molar-refractivity contribution in [1.29, 1.82) is 0 Å². The van der Waals surface area contributed by atoms with E-state index in [0.29, 0.717) is 6.61 Å².